The molecule has 0 saturated heterocycles. The van der Waals surface area contributed by atoms with Crippen molar-refractivity contribution in [2.45, 2.75) is 18.9 Å². The maximum Gasteiger partial charge on any atom is 0.279 e. The molecule has 2 rings (SSSR count). The fraction of sp³-hybridized carbons (Fsp3) is 0.214. The van der Waals surface area contributed by atoms with E-state index >= 15 is 0 Å². The minimum Gasteiger partial charge on any atom is -0.384 e. The van der Waals surface area contributed by atoms with Gasteiger partial charge in [0.05, 0.1) is 11.9 Å². The zero-order valence-corrected chi connectivity index (χ0v) is 12.5. The third kappa shape index (κ3) is 3.62. The van der Waals surface area contributed by atoms with Gasteiger partial charge in [0.25, 0.3) is 10.0 Å². The van der Waals surface area contributed by atoms with E-state index < -0.39 is 10.0 Å². The number of H-pyrrole nitrogens is 1. The van der Waals surface area contributed by atoms with E-state index in [1.165, 1.54) is 6.20 Å². The Morgan fingerprint density at radius 3 is 2.76 bits per heavy atom. The molecule has 0 aliphatic carbocycles. The van der Waals surface area contributed by atoms with Crippen molar-refractivity contribution in [3.63, 3.8) is 0 Å². The minimum atomic E-state index is -3.76. The fourth-order valence-corrected chi connectivity index (χ4v) is 2.76. The van der Waals surface area contributed by atoms with Crippen LogP contribution in [-0.4, -0.2) is 30.1 Å². The Morgan fingerprint density at radius 1 is 1.38 bits per heavy atom. The first-order valence-electron chi connectivity index (χ1n) is 6.17. The van der Waals surface area contributed by atoms with Crippen molar-refractivity contribution < 1.29 is 13.5 Å². The number of aromatic amines is 1. The van der Waals surface area contributed by atoms with E-state index in [1.54, 1.807) is 19.1 Å². The Kier molecular flexibility index (Phi) is 4.31. The maximum absolute atomic E-state index is 12.3. The monoisotopic (exact) mass is 305 g/mol. The molecule has 3 N–H and O–H groups in total. The van der Waals surface area contributed by atoms with Gasteiger partial charge in [-0.05, 0) is 31.5 Å². The number of aliphatic hydroxyl groups is 1. The van der Waals surface area contributed by atoms with E-state index in [0.29, 0.717) is 17.1 Å². The van der Waals surface area contributed by atoms with Crippen LogP contribution in [0, 0.1) is 25.7 Å². The molecule has 2 aromatic rings. The van der Waals surface area contributed by atoms with Gasteiger partial charge in [-0.1, -0.05) is 17.9 Å². The molecule has 7 heteroatoms. The van der Waals surface area contributed by atoms with Gasteiger partial charge < -0.3 is 10.1 Å². The van der Waals surface area contributed by atoms with Gasteiger partial charge in [0.2, 0.25) is 0 Å². The minimum absolute atomic E-state index is 0.0115. The molecule has 0 fully saturated rings. The van der Waals surface area contributed by atoms with Crippen LogP contribution in [0.2, 0.25) is 0 Å². The highest BCUT2D eigenvalue weighted by Crippen LogP contribution is 2.20. The van der Waals surface area contributed by atoms with Crippen LogP contribution in [0.5, 0.6) is 0 Å². The SMILES string of the molecule is Cc1ccc(C#CCO)c(NS(=O)(=O)c2cnc(C)[nH]2)c1. The number of aryl methyl sites for hydroxylation is 2. The predicted octanol–water partition coefficient (Wildman–Crippen LogP) is 1.17. The van der Waals surface area contributed by atoms with Crippen molar-refractivity contribution in [1.82, 2.24) is 9.97 Å². The van der Waals surface area contributed by atoms with E-state index in [0.717, 1.165) is 5.56 Å². The summed E-state index contributed by atoms with van der Waals surface area (Å²) in [5, 5.41) is 8.75. The number of aromatic nitrogens is 2. The summed E-state index contributed by atoms with van der Waals surface area (Å²) in [6.07, 6.45) is 1.26. The first-order valence-corrected chi connectivity index (χ1v) is 7.65. The Balaban J connectivity index is 2.41. The van der Waals surface area contributed by atoms with Crippen LogP contribution in [-0.2, 0) is 10.0 Å². The van der Waals surface area contributed by atoms with Crippen LogP contribution >= 0.6 is 0 Å². The quantitative estimate of drug-likeness (QED) is 0.742. The molecule has 0 aliphatic heterocycles. The largest absolute Gasteiger partial charge is 0.384 e. The van der Waals surface area contributed by atoms with Crippen molar-refractivity contribution in [3.8, 4) is 11.8 Å². The second-order valence-electron chi connectivity index (χ2n) is 4.45. The van der Waals surface area contributed by atoms with Crippen LogP contribution in [0.25, 0.3) is 0 Å². The summed E-state index contributed by atoms with van der Waals surface area (Å²) in [7, 11) is -3.76. The molecule has 0 radical (unpaired) electrons. The fourth-order valence-electron chi connectivity index (χ4n) is 1.72. The van der Waals surface area contributed by atoms with Crippen molar-refractivity contribution in [2.75, 3.05) is 11.3 Å². The third-order valence-corrected chi connectivity index (χ3v) is 3.97. The van der Waals surface area contributed by atoms with Gasteiger partial charge >= 0.3 is 0 Å². The van der Waals surface area contributed by atoms with Gasteiger partial charge in [0.15, 0.2) is 5.03 Å². The van der Waals surface area contributed by atoms with Crippen LogP contribution in [0.3, 0.4) is 0 Å². The lowest BCUT2D eigenvalue weighted by molar-refractivity contribution is 0.350. The number of sulfonamides is 1. The first kappa shape index (κ1) is 15.1. The number of benzene rings is 1. The second kappa shape index (κ2) is 5.99. The van der Waals surface area contributed by atoms with Crippen molar-refractivity contribution in [2.24, 2.45) is 0 Å². The molecule has 1 aromatic heterocycles. The molecule has 0 aliphatic rings. The standard InChI is InChI=1S/C14H15N3O3S/c1-10-5-6-12(4-3-7-18)13(8-10)17-21(19,20)14-9-15-11(2)16-14/h5-6,8-9,17-18H,7H2,1-2H3,(H,15,16). The summed E-state index contributed by atoms with van der Waals surface area (Å²) >= 11 is 0. The molecular weight excluding hydrogens is 290 g/mol. The number of hydrogen-bond donors (Lipinski definition) is 3. The highest BCUT2D eigenvalue weighted by Gasteiger charge is 2.18. The van der Waals surface area contributed by atoms with Crippen molar-refractivity contribution >= 4 is 15.7 Å². The van der Waals surface area contributed by atoms with Gasteiger partial charge in [-0.15, -0.1) is 0 Å². The zero-order chi connectivity index (χ0) is 15.5. The van der Waals surface area contributed by atoms with Crippen molar-refractivity contribution in [3.05, 3.63) is 41.3 Å². The summed E-state index contributed by atoms with van der Waals surface area (Å²) in [6, 6.07) is 5.20. The molecular formula is C14H15N3O3S. The van der Waals surface area contributed by atoms with Gasteiger partial charge in [-0.25, -0.2) is 4.98 Å². The molecule has 0 spiro atoms. The predicted molar refractivity (Wildman–Crippen MR) is 79.3 cm³/mol. The molecule has 0 bridgehead atoms. The number of hydrogen-bond acceptors (Lipinski definition) is 4. The van der Waals surface area contributed by atoms with Gasteiger partial charge in [-0.2, -0.15) is 8.42 Å². The average Bonchev–Trinajstić information content (AvgIpc) is 2.85. The Labute approximate surface area is 123 Å². The van der Waals surface area contributed by atoms with Crippen LogP contribution in [0.15, 0.2) is 29.4 Å². The molecule has 0 saturated carbocycles. The van der Waals surface area contributed by atoms with E-state index in [2.05, 4.69) is 26.5 Å². The van der Waals surface area contributed by atoms with Crippen molar-refractivity contribution in [1.29, 1.82) is 0 Å². The number of nitrogens with zero attached hydrogens (tertiary/aromatic N) is 1. The normalized spacial score (nSPS) is 10.8. The molecule has 0 unspecified atom stereocenters. The Hall–Kier alpha value is -2.30. The molecule has 6 nitrogen and oxygen atoms in total. The molecule has 21 heavy (non-hydrogen) atoms. The summed E-state index contributed by atoms with van der Waals surface area (Å²) < 4.78 is 27.0. The first-order chi connectivity index (χ1) is 9.92. The smallest absolute Gasteiger partial charge is 0.279 e. The van der Waals surface area contributed by atoms with E-state index in [-0.39, 0.29) is 11.6 Å². The van der Waals surface area contributed by atoms with Crippen LogP contribution in [0.1, 0.15) is 17.0 Å². The Bertz CT molecular complexity index is 813. The topological polar surface area (TPSA) is 95.1 Å². The number of anilines is 1. The van der Waals surface area contributed by atoms with Crippen LogP contribution < -0.4 is 4.72 Å². The highest BCUT2D eigenvalue weighted by molar-refractivity contribution is 7.92. The average molecular weight is 305 g/mol. The molecule has 0 atom stereocenters. The molecule has 110 valence electrons. The van der Waals surface area contributed by atoms with E-state index in [1.807, 2.05) is 13.0 Å². The second-order valence-corrected chi connectivity index (χ2v) is 6.10. The number of nitrogens with one attached hydrogen (secondary N) is 2. The number of imidazole rings is 1. The molecule has 0 amide bonds. The molecule has 1 aromatic carbocycles. The summed E-state index contributed by atoms with van der Waals surface area (Å²) in [5.41, 5.74) is 1.75. The van der Waals surface area contributed by atoms with E-state index in [9.17, 15) is 8.42 Å². The number of aliphatic hydroxyl groups excluding tert-OH is 1. The summed E-state index contributed by atoms with van der Waals surface area (Å²) in [6.45, 7) is 3.23. The van der Waals surface area contributed by atoms with Crippen LogP contribution in [0.4, 0.5) is 5.69 Å². The zero-order valence-electron chi connectivity index (χ0n) is 11.6. The van der Waals surface area contributed by atoms with E-state index in [4.69, 9.17) is 5.11 Å². The highest BCUT2D eigenvalue weighted by atomic mass is 32.2. The van der Waals surface area contributed by atoms with Gasteiger partial charge in [0.1, 0.15) is 12.4 Å². The maximum atomic E-state index is 12.3. The lowest BCUT2D eigenvalue weighted by Gasteiger charge is -2.09. The summed E-state index contributed by atoms with van der Waals surface area (Å²) in [4.78, 5) is 6.55. The lowest BCUT2D eigenvalue weighted by Crippen LogP contribution is -2.14. The Morgan fingerprint density at radius 2 is 2.14 bits per heavy atom. The molecule has 1 heterocycles. The van der Waals surface area contributed by atoms with Gasteiger partial charge in [-0.3, -0.25) is 4.72 Å². The lowest BCUT2D eigenvalue weighted by atomic mass is 10.1. The third-order valence-electron chi connectivity index (χ3n) is 2.69. The summed E-state index contributed by atoms with van der Waals surface area (Å²) in [5.74, 6) is 5.74. The van der Waals surface area contributed by atoms with Gasteiger partial charge in [0, 0.05) is 5.56 Å². The number of rotatable bonds is 3.